The molecule has 0 atom stereocenters. The van der Waals surface area contributed by atoms with Gasteiger partial charge in [-0.15, -0.1) is 0 Å². The highest BCUT2D eigenvalue weighted by Crippen LogP contribution is 2.31. The van der Waals surface area contributed by atoms with Gasteiger partial charge in [0.1, 0.15) is 0 Å². The number of hydrogen-bond donors (Lipinski definition) is 2. The summed E-state index contributed by atoms with van der Waals surface area (Å²) in [6.07, 6.45) is 1.60. The van der Waals surface area contributed by atoms with Crippen LogP contribution in [0.25, 0.3) is 0 Å². The molecule has 7 nitrogen and oxygen atoms in total. The minimum atomic E-state index is -1.30. The number of benzene rings is 1. The molecule has 0 aliphatic rings. The van der Waals surface area contributed by atoms with Crippen molar-refractivity contribution in [3.63, 3.8) is 0 Å². The lowest BCUT2D eigenvalue weighted by Gasteiger charge is -2.11. The summed E-state index contributed by atoms with van der Waals surface area (Å²) < 4.78 is 0. The first kappa shape index (κ1) is 14.7. The van der Waals surface area contributed by atoms with Gasteiger partial charge in [0.05, 0.1) is 33.4 Å². The van der Waals surface area contributed by atoms with E-state index in [1.807, 2.05) is 0 Å². The molecule has 1 heterocycles. The average Bonchev–Trinajstić information content (AvgIpc) is 2.46. The van der Waals surface area contributed by atoms with Crippen LogP contribution in [0.3, 0.4) is 0 Å². The molecule has 0 radical (unpaired) electrons. The molecule has 0 aliphatic heterocycles. The molecule has 0 fully saturated rings. The summed E-state index contributed by atoms with van der Waals surface area (Å²) in [6, 6.07) is 7.38. The molecular formula is C13H10ClN3O4. The van der Waals surface area contributed by atoms with Crippen LogP contribution < -0.4 is 5.32 Å². The summed E-state index contributed by atoms with van der Waals surface area (Å²) in [5, 5.41) is 22.7. The number of carbonyl (C=O) groups is 1. The van der Waals surface area contributed by atoms with Crippen molar-refractivity contribution in [3.8, 4) is 0 Å². The van der Waals surface area contributed by atoms with Crippen LogP contribution in [0.2, 0.25) is 5.02 Å². The number of carboxylic acids is 1. The van der Waals surface area contributed by atoms with Gasteiger partial charge in [-0.2, -0.15) is 0 Å². The third-order valence-corrected chi connectivity index (χ3v) is 2.99. The zero-order chi connectivity index (χ0) is 15.4. The number of pyridine rings is 1. The van der Waals surface area contributed by atoms with E-state index in [1.54, 1.807) is 24.4 Å². The van der Waals surface area contributed by atoms with Crippen LogP contribution in [0.5, 0.6) is 0 Å². The van der Waals surface area contributed by atoms with E-state index < -0.39 is 10.9 Å². The van der Waals surface area contributed by atoms with Crippen LogP contribution in [-0.4, -0.2) is 21.0 Å². The lowest BCUT2D eigenvalue weighted by atomic mass is 10.1. The molecule has 0 spiro atoms. The highest BCUT2D eigenvalue weighted by molar-refractivity contribution is 6.34. The molecule has 1 aromatic carbocycles. The quantitative estimate of drug-likeness (QED) is 0.650. The predicted octanol–water partition coefficient (Wildman–Crippen LogP) is 2.95. The fraction of sp³-hybridized carbons (Fsp3) is 0.0769. The van der Waals surface area contributed by atoms with E-state index in [1.165, 1.54) is 0 Å². The molecule has 8 heteroatoms. The number of halogens is 1. The molecule has 0 unspecified atom stereocenters. The van der Waals surface area contributed by atoms with Crippen LogP contribution in [0.1, 0.15) is 16.1 Å². The summed E-state index contributed by atoms with van der Waals surface area (Å²) in [4.78, 5) is 25.4. The zero-order valence-electron chi connectivity index (χ0n) is 10.6. The second-order valence-corrected chi connectivity index (χ2v) is 4.49. The number of nitrogens with one attached hydrogen (secondary N) is 1. The van der Waals surface area contributed by atoms with Crippen molar-refractivity contribution < 1.29 is 14.8 Å². The van der Waals surface area contributed by atoms with Crippen molar-refractivity contribution in [3.05, 3.63) is 62.9 Å². The van der Waals surface area contributed by atoms with Crippen molar-refractivity contribution in [1.29, 1.82) is 0 Å². The monoisotopic (exact) mass is 307 g/mol. The third kappa shape index (κ3) is 3.46. The van der Waals surface area contributed by atoms with Gasteiger partial charge >= 0.3 is 5.97 Å². The molecule has 0 bridgehead atoms. The first-order chi connectivity index (χ1) is 9.99. The number of hydrogen-bond acceptors (Lipinski definition) is 5. The Morgan fingerprint density at radius 2 is 2.19 bits per heavy atom. The Kier molecular flexibility index (Phi) is 4.34. The van der Waals surface area contributed by atoms with Gasteiger partial charge in [0.25, 0.3) is 5.69 Å². The number of rotatable bonds is 5. The summed E-state index contributed by atoms with van der Waals surface area (Å²) in [7, 11) is 0. The fourth-order valence-electron chi connectivity index (χ4n) is 1.73. The Morgan fingerprint density at radius 1 is 1.43 bits per heavy atom. The Hall–Kier alpha value is -2.67. The van der Waals surface area contributed by atoms with Gasteiger partial charge in [0.2, 0.25) is 0 Å². The highest BCUT2D eigenvalue weighted by Gasteiger charge is 2.20. The van der Waals surface area contributed by atoms with Gasteiger partial charge in [-0.3, -0.25) is 15.1 Å². The minimum absolute atomic E-state index is 0.0301. The van der Waals surface area contributed by atoms with Crippen LogP contribution in [0, 0.1) is 10.1 Å². The number of nitro groups is 1. The van der Waals surface area contributed by atoms with Gasteiger partial charge in [0.15, 0.2) is 0 Å². The standard InChI is InChI=1S/C13H10ClN3O4/c14-11-6-9(17(20)21)5-10(13(18)19)12(11)16-7-8-3-1-2-4-15-8/h1-6,16H,7H2,(H,18,19). The normalized spacial score (nSPS) is 10.1. The summed E-state index contributed by atoms with van der Waals surface area (Å²) in [5.74, 6) is -1.30. The van der Waals surface area contributed by atoms with Crippen LogP contribution in [0.15, 0.2) is 36.5 Å². The number of nitro benzene ring substituents is 1. The van der Waals surface area contributed by atoms with Crippen molar-refractivity contribution in [2.75, 3.05) is 5.32 Å². The zero-order valence-corrected chi connectivity index (χ0v) is 11.4. The molecule has 2 rings (SSSR count). The largest absolute Gasteiger partial charge is 0.478 e. The topological polar surface area (TPSA) is 105 Å². The number of nitrogens with zero attached hydrogens (tertiary/aromatic N) is 2. The molecular weight excluding hydrogens is 298 g/mol. The number of carboxylic acid groups (broad SMARTS) is 1. The Morgan fingerprint density at radius 3 is 2.76 bits per heavy atom. The van der Waals surface area contributed by atoms with E-state index in [9.17, 15) is 14.9 Å². The Bertz CT molecular complexity index is 691. The fourth-order valence-corrected chi connectivity index (χ4v) is 2.01. The number of aromatic nitrogens is 1. The first-order valence-corrected chi connectivity index (χ1v) is 6.22. The summed E-state index contributed by atoms with van der Waals surface area (Å²) >= 11 is 5.94. The van der Waals surface area contributed by atoms with Crippen LogP contribution in [-0.2, 0) is 6.54 Å². The van der Waals surface area contributed by atoms with Crippen LogP contribution in [0.4, 0.5) is 11.4 Å². The predicted molar refractivity (Wildman–Crippen MR) is 76.6 cm³/mol. The van der Waals surface area contributed by atoms with Crippen molar-refractivity contribution in [2.45, 2.75) is 6.54 Å². The average molecular weight is 308 g/mol. The van der Waals surface area contributed by atoms with Crippen LogP contribution >= 0.6 is 11.6 Å². The van der Waals surface area contributed by atoms with E-state index in [0.717, 1.165) is 12.1 Å². The molecule has 21 heavy (non-hydrogen) atoms. The van der Waals surface area contributed by atoms with Gasteiger partial charge in [-0.1, -0.05) is 17.7 Å². The SMILES string of the molecule is O=C(O)c1cc([N+](=O)[O-])cc(Cl)c1NCc1ccccn1. The van der Waals surface area contributed by atoms with E-state index >= 15 is 0 Å². The molecule has 0 saturated heterocycles. The molecule has 2 aromatic rings. The molecule has 0 saturated carbocycles. The van der Waals surface area contributed by atoms with E-state index in [2.05, 4.69) is 10.3 Å². The maximum absolute atomic E-state index is 11.2. The van der Waals surface area contributed by atoms with Crippen molar-refractivity contribution in [1.82, 2.24) is 4.98 Å². The van der Waals surface area contributed by atoms with Gasteiger partial charge in [0, 0.05) is 18.3 Å². The maximum Gasteiger partial charge on any atom is 0.338 e. The third-order valence-electron chi connectivity index (χ3n) is 2.69. The summed E-state index contributed by atoms with van der Waals surface area (Å²) in [5.41, 5.74) is 0.176. The lowest BCUT2D eigenvalue weighted by Crippen LogP contribution is -2.08. The Labute approximate surface area is 124 Å². The second-order valence-electron chi connectivity index (χ2n) is 4.09. The Balaban J connectivity index is 2.34. The second kappa shape index (κ2) is 6.19. The van der Waals surface area contributed by atoms with Gasteiger partial charge < -0.3 is 10.4 Å². The van der Waals surface area contributed by atoms with E-state index in [4.69, 9.17) is 16.7 Å². The molecule has 0 aliphatic carbocycles. The van der Waals surface area contributed by atoms with Gasteiger partial charge in [-0.25, -0.2) is 4.79 Å². The maximum atomic E-state index is 11.2. The minimum Gasteiger partial charge on any atom is -0.478 e. The molecule has 2 N–H and O–H groups in total. The first-order valence-electron chi connectivity index (χ1n) is 5.84. The summed E-state index contributed by atoms with van der Waals surface area (Å²) in [6.45, 7) is 0.249. The van der Waals surface area contributed by atoms with Crippen molar-refractivity contribution >= 4 is 28.9 Å². The lowest BCUT2D eigenvalue weighted by molar-refractivity contribution is -0.384. The van der Waals surface area contributed by atoms with Crippen molar-refractivity contribution in [2.24, 2.45) is 0 Å². The number of anilines is 1. The molecule has 0 amide bonds. The highest BCUT2D eigenvalue weighted by atomic mass is 35.5. The van der Waals surface area contributed by atoms with E-state index in [0.29, 0.717) is 5.69 Å². The smallest absolute Gasteiger partial charge is 0.338 e. The molecule has 1 aromatic heterocycles. The number of non-ortho nitro benzene ring substituents is 1. The molecule has 108 valence electrons. The van der Waals surface area contributed by atoms with Gasteiger partial charge in [-0.05, 0) is 12.1 Å². The van der Waals surface area contributed by atoms with E-state index in [-0.39, 0.29) is 28.5 Å². The number of aromatic carboxylic acids is 1.